The normalized spacial score (nSPS) is 10.9. The minimum atomic E-state index is -0.563. The van der Waals surface area contributed by atoms with E-state index < -0.39 is 10.8 Å². The number of anilines is 1. The number of ether oxygens (including phenoxy) is 2. The highest BCUT2D eigenvalue weighted by Gasteiger charge is 2.23. The van der Waals surface area contributed by atoms with Crippen LogP contribution in [0.4, 0.5) is 11.4 Å². The van der Waals surface area contributed by atoms with Gasteiger partial charge < -0.3 is 14.8 Å². The summed E-state index contributed by atoms with van der Waals surface area (Å²) in [7, 11) is 1.80. The van der Waals surface area contributed by atoms with E-state index in [2.05, 4.69) is 10.4 Å². The van der Waals surface area contributed by atoms with Gasteiger partial charge in [-0.25, -0.2) is 0 Å². The maximum Gasteiger partial charge on any atom is 0.296 e. The smallest absolute Gasteiger partial charge is 0.296 e. The van der Waals surface area contributed by atoms with Crippen molar-refractivity contribution < 1.29 is 19.2 Å². The lowest BCUT2D eigenvalue weighted by Crippen LogP contribution is -2.12. The summed E-state index contributed by atoms with van der Waals surface area (Å²) in [6.07, 6.45) is 0. The summed E-state index contributed by atoms with van der Waals surface area (Å²) in [6.45, 7) is 6.12. The van der Waals surface area contributed by atoms with Crippen molar-refractivity contribution in [1.29, 1.82) is 0 Å². The Labute approximate surface area is 165 Å². The van der Waals surface area contributed by atoms with E-state index >= 15 is 0 Å². The van der Waals surface area contributed by atoms with Gasteiger partial charge in [0.2, 0.25) is 0 Å². The Morgan fingerprint density at radius 1 is 1.25 bits per heavy atom. The quantitative estimate of drug-likeness (QED) is 0.472. The van der Waals surface area contributed by atoms with Crippen LogP contribution in [0.5, 0.6) is 11.5 Å². The molecule has 10 heteroatoms. The number of nitro benzene ring substituents is 1. The van der Waals surface area contributed by atoms with Crippen molar-refractivity contribution >= 4 is 38.8 Å². The molecular weight excluding hydrogens is 384 g/mol. The van der Waals surface area contributed by atoms with Crippen LogP contribution >= 0.6 is 11.3 Å². The number of benzene rings is 1. The highest BCUT2D eigenvalue weighted by Crippen LogP contribution is 2.38. The van der Waals surface area contributed by atoms with Gasteiger partial charge in [0.15, 0.2) is 11.5 Å². The van der Waals surface area contributed by atoms with E-state index in [9.17, 15) is 14.9 Å². The third-order valence-corrected chi connectivity index (χ3v) is 5.23. The monoisotopic (exact) mass is 404 g/mol. The number of carbonyl (C=O) groups is 1. The van der Waals surface area contributed by atoms with E-state index in [1.165, 1.54) is 23.5 Å². The first-order valence-electron chi connectivity index (χ1n) is 8.68. The van der Waals surface area contributed by atoms with Crippen molar-refractivity contribution in [3.8, 4) is 11.5 Å². The zero-order valence-corrected chi connectivity index (χ0v) is 16.8. The molecule has 9 nitrogen and oxygen atoms in total. The molecule has 3 aromatic rings. The van der Waals surface area contributed by atoms with Crippen LogP contribution in [0.3, 0.4) is 0 Å². The minimum absolute atomic E-state index is 0.0502. The van der Waals surface area contributed by atoms with Crippen molar-refractivity contribution in [2.24, 2.45) is 7.05 Å². The Hall–Kier alpha value is -3.14. The van der Waals surface area contributed by atoms with Crippen LogP contribution in [0, 0.1) is 17.0 Å². The first-order valence-corrected chi connectivity index (χ1v) is 9.49. The van der Waals surface area contributed by atoms with E-state index in [4.69, 9.17) is 9.47 Å². The first kappa shape index (κ1) is 19.6. The fourth-order valence-corrected chi connectivity index (χ4v) is 3.86. The molecule has 0 atom stereocenters. The van der Waals surface area contributed by atoms with Crippen LogP contribution < -0.4 is 14.8 Å². The molecule has 2 aromatic heterocycles. The van der Waals surface area contributed by atoms with Crippen LogP contribution in [-0.4, -0.2) is 33.8 Å². The van der Waals surface area contributed by atoms with Gasteiger partial charge in [0.25, 0.3) is 11.6 Å². The lowest BCUT2D eigenvalue weighted by Gasteiger charge is -2.13. The maximum atomic E-state index is 12.7. The summed E-state index contributed by atoms with van der Waals surface area (Å²) in [5.41, 5.74) is 0.604. The Morgan fingerprint density at radius 3 is 2.46 bits per heavy atom. The van der Waals surface area contributed by atoms with E-state index in [1.807, 2.05) is 6.92 Å². The third-order valence-electron chi connectivity index (χ3n) is 4.03. The number of aryl methyl sites for hydroxylation is 2. The number of nitro groups is 1. The van der Waals surface area contributed by atoms with Gasteiger partial charge >= 0.3 is 0 Å². The summed E-state index contributed by atoms with van der Waals surface area (Å²) in [4.78, 5) is 25.0. The Balaban J connectivity index is 1.98. The molecule has 1 aromatic carbocycles. The molecule has 0 saturated carbocycles. The molecule has 1 amide bonds. The van der Waals surface area contributed by atoms with Crippen LogP contribution in [0.2, 0.25) is 0 Å². The minimum Gasteiger partial charge on any atom is -0.490 e. The number of hydrogen-bond acceptors (Lipinski definition) is 7. The van der Waals surface area contributed by atoms with Crippen LogP contribution in [0.1, 0.15) is 29.2 Å². The predicted octanol–water partition coefficient (Wildman–Crippen LogP) is 3.90. The third kappa shape index (κ3) is 3.63. The summed E-state index contributed by atoms with van der Waals surface area (Å²) in [6, 6.07) is 4.43. The second-order valence-electron chi connectivity index (χ2n) is 5.93. The molecule has 0 saturated heterocycles. The highest BCUT2D eigenvalue weighted by molar-refractivity contribution is 7.20. The molecular formula is C18H20N4O5S. The van der Waals surface area contributed by atoms with E-state index in [0.29, 0.717) is 23.8 Å². The Bertz CT molecular complexity index is 1020. The molecule has 0 aliphatic rings. The predicted molar refractivity (Wildman–Crippen MR) is 107 cm³/mol. The fourth-order valence-electron chi connectivity index (χ4n) is 2.84. The number of aromatic nitrogens is 2. The standard InChI is InChI=1S/C18H20N4O5S/c1-5-26-14-8-12(13(22(24)25)9-15(14)27-6-2)19-17(23)16-7-11-10(3)20-21(4)18(11)28-16/h7-9H,5-6H2,1-4H3,(H,19,23). The average molecular weight is 404 g/mol. The zero-order valence-electron chi connectivity index (χ0n) is 15.9. The second-order valence-corrected chi connectivity index (χ2v) is 6.96. The van der Waals surface area contributed by atoms with E-state index in [1.54, 1.807) is 31.6 Å². The molecule has 3 rings (SSSR count). The van der Waals surface area contributed by atoms with Gasteiger partial charge in [0.1, 0.15) is 10.5 Å². The molecule has 0 aliphatic carbocycles. The molecule has 2 heterocycles. The van der Waals surface area contributed by atoms with Crippen LogP contribution in [-0.2, 0) is 7.05 Å². The molecule has 148 valence electrons. The van der Waals surface area contributed by atoms with Crippen molar-refractivity contribution in [2.75, 3.05) is 18.5 Å². The second kappa shape index (κ2) is 7.85. The number of nitrogens with zero attached hydrogens (tertiary/aromatic N) is 3. The van der Waals surface area contributed by atoms with Crippen LogP contribution in [0.15, 0.2) is 18.2 Å². The van der Waals surface area contributed by atoms with Crippen LogP contribution in [0.25, 0.3) is 10.2 Å². The lowest BCUT2D eigenvalue weighted by molar-refractivity contribution is -0.384. The number of carbonyl (C=O) groups excluding carboxylic acids is 1. The number of thiophene rings is 1. The number of nitrogens with one attached hydrogen (secondary N) is 1. The van der Waals surface area contributed by atoms with E-state index in [-0.39, 0.29) is 17.1 Å². The van der Waals surface area contributed by atoms with Gasteiger partial charge in [-0.2, -0.15) is 5.10 Å². The zero-order chi connectivity index (χ0) is 20.4. The largest absolute Gasteiger partial charge is 0.490 e. The molecule has 0 unspecified atom stereocenters. The molecule has 1 N–H and O–H groups in total. The van der Waals surface area contributed by atoms with Gasteiger partial charge in [0.05, 0.1) is 34.8 Å². The summed E-state index contributed by atoms with van der Waals surface area (Å²) >= 11 is 1.27. The molecule has 0 fully saturated rings. The Kier molecular flexibility index (Phi) is 5.50. The van der Waals surface area contributed by atoms with Crippen molar-refractivity contribution in [1.82, 2.24) is 9.78 Å². The molecule has 0 aliphatic heterocycles. The van der Waals surface area contributed by atoms with Crippen molar-refractivity contribution in [2.45, 2.75) is 20.8 Å². The Morgan fingerprint density at radius 2 is 1.89 bits per heavy atom. The van der Waals surface area contributed by atoms with Gasteiger partial charge in [0, 0.05) is 18.5 Å². The summed E-state index contributed by atoms with van der Waals surface area (Å²) in [5, 5.41) is 19.3. The first-order chi connectivity index (χ1) is 13.3. The number of fused-ring (bicyclic) bond motifs is 1. The topological polar surface area (TPSA) is 109 Å². The summed E-state index contributed by atoms with van der Waals surface area (Å²) in [5.74, 6) is 0.162. The number of rotatable bonds is 7. The van der Waals surface area contributed by atoms with Crippen molar-refractivity contribution in [3.63, 3.8) is 0 Å². The fraction of sp³-hybridized carbons (Fsp3) is 0.333. The molecule has 28 heavy (non-hydrogen) atoms. The molecule has 0 radical (unpaired) electrons. The van der Waals surface area contributed by atoms with Crippen molar-refractivity contribution in [3.05, 3.63) is 38.9 Å². The SMILES string of the molecule is CCOc1cc(NC(=O)c2cc3c(C)nn(C)c3s2)c([N+](=O)[O-])cc1OCC. The van der Waals surface area contributed by atoms with E-state index in [0.717, 1.165) is 15.9 Å². The maximum absolute atomic E-state index is 12.7. The molecule has 0 spiro atoms. The number of hydrogen-bond donors (Lipinski definition) is 1. The highest BCUT2D eigenvalue weighted by atomic mass is 32.1. The van der Waals surface area contributed by atoms with Gasteiger partial charge in [-0.1, -0.05) is 0 Å². The number of amides is 1. The summed E-state index contributed by atoms with van der Waals surface area (Å²) < 4.78 is 12.6. The lowest BCUT2D eigenvalue weighted by atomic mass is 10.2. The average Bonchev–Trinajstić information content (AvgIpc) is 3.19. The molecule has 0 bridgehead atoms. The van der Waals surface area contributed by atoms with Gasteiger partial charge in [-0.3, -0.25) is 19.6 Å². The van der Waals surface area contributed by atoms with Gasteiger partial charge in [-0.05, 0) is 26.8 Å². The van der Waals surface area contributed by atoms with Gasteiger partial charge in [-0.15, -0.1) is 11.3 Å².